The number of halogens is 3. The van der Waals surface area contributed by atoms with E-state index in [4.69, 9.17) is 9.90 Å². The van der Waals surface area contributed by atoms with E-state index in [2.05, 4.69) is 55.8 Å². The molecule has 1 aliphatic heterocycles. The Morgan fingerprint density at radius 3 is 2.36 bits per heavy atom. The number of unbranched alkanes of at least 4 members (excludes halogenated alkanes) is 2. The van der Waals surface area contributed by atoms with Gasteiger partial charge >= 0.3 is 12.1 Å². The van der Waals surface area contributed by atoms with Gasteiger partial charge in [-0.2, -0.15) is 13.2 Å². The number of nitrogens with zero attached hydrogens (tertiary/aromatic N) is 2. The van der Waals surface area contributed by atoms with Crippen molar-refractivity contribution in [3.05, 3.63) is 54.5 Å². The number of hydrogen-bond acceptors (Lipinski definition) is 5. The third kappa shape index (κ3) is 10.5. The van der Waals surface area contributed by atoms with Crippen LogP contribution in [0, 0.1) is 0 Å². The normalized spacial score (nSPS) is 14.5. The number of amides is 2. The zero-order valence-corrected chi connectivity index (χ0v) is 23.7. The summed E-state index contributed by atoms with van der Waals surface area (Å²) in [4.78, 5) is 43.7. The Bertz CT molecular complexity index is 1320. The van der Waals surface area contributed by atoms with E-state index in [0.29, 0.717) is 13.0 Å². The smallest absolute Gasteiger partial charge is 0.475 e. The fraction of sp³-hybridized carbons (Fsp3) is 0.467. The molecule has 4 rings (SSSR count). The number of carboxylic acids is 1. The van der Waals surface area contributed by atoms with Crippen LogP contribution in [0.15, 0.2) is 48.7 Å². The van der Waals surface area contributed by atoms with Crippen LogP contribution in [-0.4, -0.2) is 70.6 Å². The van der Waals surface area contributed by atoms with Crippen molar-refractivity contribution in [1.29, 1.82) is 0 Å². The van der Waals surface area contributed by atoms with E-state index in [0.717, 1.165) is 68.7 Å². The van der Waals surface area contributed by atoms with Crippen molar-refractivity contribution < 1.29 is 32.7 Å². The third-order valence-corrected chi connectivity index (χ3v) is 7.06. The molecule has 3 aromatic rings. The van der Waals surface area contributed by atoms with E-state index in [1.807, 2.05) is 18.3 Å². The number of imidazole rings is 1. The number of carbonyl (C=O) groups is 3. The third-order valence-electron chi connectivity index (χ3n) is 7.06. The summed E-state index contributed by atoms with van der Waals surface area (Å²) in [6.45, 7) is 2.42. The van der Waals surface area contributed by atoms with Gasteiger partial charge in [0, 0.05) is 19.0 Å². The molecule has 228 valence electrons. The van der Waals surface area contributed by atoms with Crippen LogP contribution in [0.25, 0.3) is 22.0 Å². The lowest BCUT2D eigenvalue weighted by atomic mass is 10.1. The van der Waals surface area contributed by atoms with Crippen LogP contribution in [-0.2, 0) is 14.4 Å². The number of likely N-dealkylation sites (tertiary alicyclic amines) is 1. The molecule has 42 heavy (non-hydrogen) atoms. The van der Waals surface area contributed by atoms with Gasteiger partial charge < -0.3 is 20.7 Å². The number of carbonyl (C=O) groups excluding carboxylic acids is 2. The molecular formula is C30H38F3N5O4. The maximum Gasteiger partial charge on any atom is 0.490 e. The first-order valence-corrected chi connectivity index (χ1v) is 14.1. The summed E-state index contributed by atoms with van der Waals surface area (Å²) < 4.78 is 31.7. The first-order valence-electron chi connectivity index (χ1n) is 14.1. The number of alkyl halides is 3. The van der Waals surface area contributed by atoms with Gasteiger partial charge in [0.15, 0.2) is 0 Å². The van der Waals surface area contributed by atoms with Crippen LogP contribution in [0.2, 0.25) is 0 Å². The Labute approximate surface area is 242 Å². The van der Waals surface area contributed by atoms with Crippen LogP contribution in [0.1, 0.15) is 63.2 Å². The number of aromatic nitrogens is 2. The van der Waals surface area contributed by atoms with Crippen molar-refractivity contribution in [1.82, 2.24) is 25.5 Å². The molecule has 2 amide bonds. The first-order chi connectivity index (χ1) is 20.1. The van der Waals surface area contributed by atoms with Gasteiger partial charge in [-0.05, 0) is 55.6 Å². The zero-order chi connectivity index (χ0) is 30.5. The number of carboxylic acid groups (broad SMARTS) is 1. The summed E-state index contributed by atoms with van der Waals surface area (Å²) in [7, 11) is 1.67. The van der Waals surface area contributed by atoms with Crippen LogP contribution >= 0.6 is 0 Å². The fourth-order valence-corrected chi connectivity index (χ4v) is 4.79. The van der Waals surface area contributed by atoms with E-state index in [1.54, 1.807) is 7.05 Å². The number of hydrogen-bond donors (Lipinski definition) is 4. The van der Waals surface area contributed by atoms with Gasteiger partial charge in [0.1, 0.15) is 5.82 Å². The van der Waals surface area contributed by atoms with Crippen LogP contribution in [0.3, 0.4) is 0 Å². The van der Waals surface area contributed by atoms with Crippen LogP contribution in [0.5, 0.6) is 0 Å². The number of benzene rings is 2. The van der Waals surface area contributed by atoms with Gasteiger partial charge in [0.2, 0.25) is 11.8 Å². The average Bonchev–Trinajstić information content (AvgIpc) is 3.47. The van der Waals surface area contributed by atoms with E-state index in [1.165, 1.54) is 17.2 Å². The van der Waals surface area contributed by atoms with Crippen molar-refractivity contribution in [2.75, 3.05) is 26.7 Å². The summed E-state index contributed by atoms with van der Waals surface area (Å²) in [6.07, 6.45) is 4.36. The van der Waals surface area contributed by atoms with Crippen molar-refractivity contribution >= 4 is 28.6 Å². The van der Waals surface area contributed by atoms with Gasteiger partial charge in [-0.15, -0.1) is 0 Å². The molecule has 0 bridgehead atoms. The molecule has 12 heteroatoms. The molecule has 1 aliphatic rings. The lowest BCUT2D eigenvalue weighted by Gasteiger charge is -2.26. The van der Waals surface area contributed by atoms with Gasteiger partial charge in [0.05, 0.1) is 24.5 Å². The fourth-order valence-electron chi connectivity index (χ4n) is 4.79. The first kappa shape index (κ1) is 32.6. The largest absolute Gasteiger partial charge is 0.490 e. The summed E-state index contributed by atoms with van der Waals surface area (Å²) in [6, 6.07) is 14.5. The highest BCUT2D eigenvalue weighted by Gasteiger charge is 2.38. The lowest BCUT2D eigenvalue weighted by Crippen LogP contribution is -2.41. The molecule has 4 N–H and O–H groups in total. The average molecular weight is 590 g/mol. The summed E-state index contributed by atoms with van der Waals surface area (Å²) in [5.41, 5.74) is 2.02. The maximum absolute atomic E-state index is 12.9. The molecule has 2 heterocycles. The topological polar surface area (TPSA) is 127 Å². The van der Waals surface area contributed by atoms with E-state index < -0.39 is 12.1 Å². The Kier molecular flexibility index (Phi) is 12.3. The van der Waals surface area contributed by atoms with Crippen molar-refractivity contribution in [3.8, 4) is 11.3 Å². The Balaban J connectivity index is 0.000000616. The maximum atomic E-state index is 12.9. The van der Waals surface area contributed by atoms with Gasteiger partial charge in [-0.3, -0.25) is 14.5 Å². The van der Waals surface area contributed by atoms with Crippen LogP contribution < -0.4 is 10.6 Å². The molecule has 0 aliphatic carbocycles. The molecule has 0 spiro atoms. The monoisotopic (exact) mass is 589 g/mol. The standard InChI is InChI=1S/C28H37N5O2.C2HF3O2/c1-29-26(34)13-5-2-4-12-24(31-27(35)20-33-16-8-3-9-17-33)28-30-19-25(32-28)23-15-14-21-10-6-7-11-22(21)18-23;3-2(4,5)1(6)7/h6-7,10-11,14-15,18-19,24H,2-5,8-9,12-13,16-17,20H2,1H3,(H,29,34)(H,30,32)(H,31,35);(H,6,7)/t24-;/m0./s1. The molecular weight excluding hydrogens is 551 g/mol. The second kappa shape index (κ2) is 15.9. The van der Waals surface area contributed by atoms with Crippen molar-refractivity contribution in [3.63, 3.8) is 0 Å². The molecule has 0 radical (unpaired) electrons. The highest BCUT2D eigenvalue weighted by atomic mass is 19.4. The predicted octanol–water partition coefficient (Wildman–Crippen LogP) is 5.20. The highest BCUT2D eigenvalue weighted by Crippen LogP contribution is 2.26. The minimum atomic E-state index is -5.08. The molecule has 1 saturated heterocycles. The minimum absolute atomic E-state index is 0.0471. The number of H-pyrrole nitrogens is 1. The molecule has 2 aromatic carbocycles. The summed E-state index contributed by atoms with van der Waals surface area (Å²) >= 11 is 0. The zero-order valence-electron chi connectivity index (χ0n) is 23.7. The van der Waals surface area contributed by atoms with Gasteiger partial charge in [0.25, 0.3) is 0 Å². The number of piperidine rings is 1. The molecule has 1 fully saturated rings. The molecule has 1 atom stereocenters. The summed E-state index contributed by atoms with van der Waals surface area (Å²) in [5.74, 6) is -1.85. The minimum Gasteiger partial charge on any atom is -0.475 e. The number of rotatable bonds is 11. The predicted molar refractivity (Wildman–Crippen MR) is 154 cm³/mol. The molecule has 0 unspecified atom stereocenters. The molecule has 0 saturated carbocycles. The Morgan fingerprint density at radius 1 is 1.00 bits per heavy atom. The van der Waals surface area contributed by atoms with Gasteiger partial charge in [-0.25, -0.2) is 9.78 Å². The Morgan fingerprint density at radius 2 is 1.69 bits per heavy atom. The number of fused-ring (bicyclic) bond motifs is 1. The van der Waals surface area contributed by atoms with E-state index in [-0.39, 0.29) is 17.9 Å². The number of nitrogens with one attached hydrogen (secondary N) is 3. The number of aliphatic carboxylic acids is 1. The molecule has 9 nitrogen and oxygen atoms in total. The highest BCUT2D eigenvalue weighted by molar-refractivity contribution is 5.86. The summed E-state index contributed by atoms with van der Waals surface area (Å²) in [5, 5.41) is 15.4. The van der Waals surface area contributed by atoms with Crippen molar-refractivity contribution in [2.24, 2.45) is 0 Å². The lowest BCUT2D eigenvalue weighted by molar-refractivity contribution is -0.192. The van der Waals surface area contributed by atoms with E-state index >= 15 is 0 Å². The number of aromatic amines is 1. The van der Waals surface area contributed by atoms with Crippen molar-refractivity contribution in [2.45, 2.75) is 63.6 Å². The quantitative estimate of drug-likeness (QED) is 0.228. The Hall–Kier alpha value is -3.93. The second-order valence-electron chi connectivity index (χ2n) is 10.3. The molecule has 1 aromatic heterocycles. The SMILES string of the molecule is CNC(=O)CCCCC[C@H](NC(=O)CN1CCCCC1)c1ncc(-c2ccc3ccccc3c2)[nH]1.O=C(O)C(F)(F)F. The van der Waals surface area contributed by atoms with Gasteiger partial charge in [-0.1, -0.05) is 55.7 Å². The van der Waals surface area contributed by atoms with E-state index in [9.17, 15) is 22.8 Å². The van der Waals surface area contributed by atoms with Crippen LogP contribution in [0.4, 0.5) is 13.2 Å². The second-order valence-corrected chi connectivity index (χ2v) is 10.3.